The van der Waals surface area contributed by atoms with E-state index >= 15 is 0 Å². The summed E-state index contributed by atoms with van der Waals surface area (Å²) >= 11 is 0. The maximum atomic E-state index is 11.7. The van der Waals surface area contributed by atoms with Crippen LogP contribution in [0, 0.1) is 13.8 Å². The summed E-state index contributed by atoms with van der Waals surface area (Å²) in [4.78, 5) is 11.7. The molecule has 1 aromatic heterocycles. The molecule has 0 aliphatic carbocycles. The van der Waals surface area contributed by atoms with E-state index in [9.17, 15) is 4.79 Å². The van der Waals surface area contributed by atoms with Crippen molar-refractivity contribution in [1.29, 1.82) is 0 Å². The molecule has 1 aromatic rings. The highest BCUT2D eigenvalue weighted by molar-refractivity contribution is 5.69. The van der Waals surface area contributed by atoms with Crippen LogP contribution in [-0.2, 0) is 22.6 Å². The number of hydrogen-bond acceptors (Lipinski definition) is 4. The number of esters is 1. The van der Waals surface area contributed by atoms with Gasteiger partial charge >= 0.3 is 5.97 Å². The average Bonchev–Trinajstić information content (AvgIpc) is 2.66. The van der Waals surface area contributed by atoms with Gasteiger partial charge in [0.1, 0.15) is 6.54 Å². The van der Waals surface area contributed by atoms with Gasteiger partial charge in [-0.25, -0.2) is 0 Å². The van der Waals surface area contributed by atoms with Crippen LogP contribution >= 0.6 is 0 Å². The van der Waals surface area contributed by atoms with Gasteiger partial charge in [-0.15, -0.1) is 0 Å². The van der Waals surface area contributed by atoms with Crippen LogP contribution in [-0.4, -0.2) is 28.9 Å². The van der Waals surface area contributed by atoms with E-state index in [-0.39, 0.29) is 12.5 Å². The van der Waals surface area contributed by atoms with Crippen molar-refractivity contribution in [3.63, 3.8) is 0 Å². The standard InChI is InChI=1S/C15H27N3O2/c1-5-7-9-20-15(19)11-18-13(4)14(12(3)17-18)10-16-8-6-2/h16H,5-11H2,1-4H3. The molecule has 0 aliphatic rings. The molecule has 5 heteroatoms. The summed E-state index contributed by atoms with van der Waals surface area (Å²) in [5.74, 6) is -0.211. The molecule has 0 radical (unpaired) electrons. The Bertz CT molecular complexity index is 427. The van der Waals surface area contributed by atoms with Gasteiger partial charge in [-0.2, -0.15) is 5.10 Å². The second-order valence-electron chi connectivity index (χ2n) is 5.06. The number of rotatable bonds is 9. The fraction of sp³-hybridized carbons (Fsp3) is 0.733. The van der Waals surface area contributed by atoms with Gasteiger partial charge < -0.3 is 10.1 Å². The van der Waals surface area contributed by atoms with Gasteiger partial charge in [-0.05, 0) is 33.2 Å². The number of ether oxygens (including phenoxy) is 1. The second-order valence-corrected chi connectivity index (χ2v) is 5.06. The zero-order valence-corrected chi connectivity index (χ0v) is 13.2. The van der Waals surface area contributed by atoms with Crippen LogP contribution in [0.3, 0.4) is 0 Å². The highest BCUT2D eigenvalue weighted by Gasteiger charge is 2.14. The van der Waals surface area contributed by atoms with E-state index in [1.54, 1.807) is 4.68 Å². The topological polar surface area (TPSA) is 56.2 Å². The number of aryl methyl sites for hydroxylation is 1. The molecular formula is C15H27N3O2. The number of carbonyl (C=O) groups excluding carboxylic acids is 1. The minimum atomic E-state index is -0.211. The largest absolute Gasteiger partial charge is 0.464 e. The van der Waals surface area contributed by atoms with Crippen LogP contribution in [0.25, 0.3) is 0 Å². The summed E-state index contributed by atoms with van der Waals surface area (Å²) in [6.45, 7) is 10.7. The van der Waals surface area contributed by atoms with Crippen LogP contribution in [0.4, 0.5) is 0 Å². The summed E-state index contributed by atoms with van der Waals surface area (Å²) in [6.07, 6.45) is 3.05. The molecule has 5 nitrogen and oxygen atoms in total. The molecule has 0 fully saturated rings. The first kappa shape index (κ1) is 16.7. The lowest BCUT2D eigenvalue weighted by Gasteiger charge is -2.07. The first-order valence-corrected chi connectivity index (χ1v) is 7.49. The van der Waals surface area contributed by atoms with Gasteiger partial charge in [-0.1, -0.05) is 20.3 Å². The number of nitrogens with one attached hydrogen (secondary N) is 1. The Labute approximate surface area is 121 Å². The third-order valence-corrected chi connectivity index (χ3v) is 3.30. The van der Waals surface area contributed by atoms with Crippen LogP contribution in [0.1, 0.15) is 50.1 Å². The third-order valence-electron chi connectivity index (χ3n) is 3.30. The SMILES string of the molecule is CCCCOC(=O)Cn1nc(C)c(CNCCC)c1C. The van der Waals surface area contributed by atoms with E-state index < -0.39 is 0 Å². The molecule has 0 saturated carbocycles. The van der Waals surface area contributed by atoms with Crippen molar-refractivity contribution in [2.45, 2.75) is 60.0 Å². The lowest BCUT2D eigenvalue weighted by molar-refractivity contribution is -0.144. The first-order chi connectivity index (χ1) is 9.60. The number of aromatic nitrogens is 2. The molecule has 0 bridgehead atoms. The average molecular weight is 281 g/mol. The molecule has 0 atom stereocenters. The number of nitrogens with zero attached hydrogens (tertiary/aromatic N) is 2. The fourth-order valence-electron chi connectivity index (χ4n) is 2.03. The van der Waals surface area contributed by atoms with E-state index in [4.69, 9.17) is 4.74 Å². The predicted octanol–water partition coefficient (Wildman–Crippen LogP) is 2.34. The van der Waals surface area contributed by atoms with Crippen LogP contribution in [0.15, 0.2) is 0 Å². The van der Waals surface area contributed by atoms with Gasteiger partial charge in [0.05, 0.1) is 12.3 Å². The smallest absolute Gasteiger partial charge is 0.327 e. The van der Waals surface area contributed by atoms with Crippen molar-refractivity contribution >= 4 is 5.97 Å². The molecule has 0 saturated heterocycles. The number of carbonyl (C=O) groups is 1. The zero-order chi connectivity index (χ0) is 15.0. The van der Waals surface area contributed by atoms with Crippen LogP contribution in [0.5, 0.6) is 0 Å². The Kier molecular flexibility index (Phi) is 7.30. The number of hydrogen-bond donors (Lipinski definition) is 1. The summed E-state index contributed by atoms with van der Waals surface area (Å²) in [5.41, 5.74) is 3.20. The summed E-state index contributed by atoms with van der Waals surface area (Å²) < 4.78 is 6.92. The molecule has 0 spiro atoms. The Morgan fingerprint density at radius 2 is 2.05 bits per heavy atom. The molecule has 0 unspecified atom stereocenters. The minimum absolute atomic E-state index is 0.199. The quantitative estimate of drug-likeness (QED) is 0.557. The normalized spacial score (nSPS) is 10.8. The van der Waals surface area contributed by atoms with Gasteiger partial charge in [-0.3, -0.25) is 9.48 Å². The summed E-state index contributed by atoms with van der Waals surface area (Å²) in [7, 11) is 0. The molecule has 114 valence electrons. The van der Waals surface area contributed by atoms with E-state index in [2.05, 4.69) is 24.3 Å². The number of unbranched alkanes of at least 4 members (excludes halogenated alkanes) is 1. The summed E-state index contributed by atoms with van der Waals surface area (Å²) in [6, 6.07) is 0. The Morgan fingerprint density at radius 3 is 2.70 bits per heavy atom. The zero-order valence-electron chi connectivity index (χ0n) is 13.2. The highest BCUT2D eigenvalue weighted by atomic mass is 16.5. The molecule has 0 aromatic carbocycles. The third kappa shape index (κ3) is 4.96. The van der Waals surface area contributed by atoms with Crippen molar-refractivity contribution in [3.8, 4) is 0 Å². The van der Waals surface area contributed by atoms with Crippen LogP contribution in [0.2, 0.25) is 0 Å². The first-order valence-electron chi connectivity index (χ1n) is 7.49. The maximum Gasteiger partial charge on any atom is 0.327 e. The fourth-order valence-corrected chi connectivity index (χ4v) is 2.03. The second kappa shape index (κ2) is 8.74. The van der Waals surface area contributed by atoms with Crippen molar-refractivity contribution in [3.05, 3.63) is 17.0 Å². The van der Waals surface area contributed by atoms with Crippen molar-refractivity contribution in [2.75, 3.05) is 13.2 Å². The molecule has 1 N–H and O–H groups in total. The van der Waals surface area contributed by atoms with Gasteiger partial charge in [0.15, 0.2) is 0 Å². The van der Waals surface area contributed by atoms with Gasteiger partial charge in [0.25, 0.3) is 0 Å². The monoisotopic (exact) mass is 281 g/mol. The van der Waals surface area contributed by atoms with E-state index in [0.29, 0.717) is 6.61 Å². The van der Waals surface area contributed by atoms with E-state index in [1.165, 1.54) is 5.56 Å². The summed E-state index contributed by atoms with van der Waals surface area (Å²) in [5, 5.41) is 7.81. The predicted molar refractivity (Wildman–Crippen MR) is 79.6 cm³/mol. The maximum absolute atomic E-state index is 11.7. The molecule has 0 amide bonds. The van der Waals surface area contributed by atoms with Crippen molar-refractivity contribution in [2.24, 2.45) is 0 Å². The van der Waals surface area contributed by atoms with Crippen LogP contribution < -0.4 is 5.32 Å². The van der Waals surface area contributed by atoms with Crippen molar-refractivity contribution in [1.82, 2.24) is 15.1 Å². The molecular weight excluding hydrogens is 254 g/mol. The lowest BCUT2D eigenvalue weighted by atomic mass is 10.2. The molecule has 1 heterocycles. The van der Waals surface area contributed by atoms with E-state index in [0.717, 1.165) is 43.7 Å². The Morgan fingerprint density at radius 1 is 1.30 bits per heavy atom. The highest BCUT2D eigenvalue weighted by Crippen LogP contribution is 2.13. The lowest BCUT2D eigenvalue weighted by Crippen LogP contribution is -2.17. The Hall–Kier alpha value is -1.36. The minimum Gasteiger partial charge on any atom is -0.464 e. The Balaban J connectivity index is 2.58. The van der Waals surface area contributed by atoms with Crippen molar-refractivity contribution < 1.29 is 9.53 Å². The van der Waals surface area contributed by atoms with E-state index in [1.807, 2.05) is 13.8 Å². The van der Waals surface area contributed by atoms with Gasteiger partial charge in [0, 0.05) is 17.8 Å². The van der Waals surface area contributed by atoms with Gasteiger partial charge in [0.2, 0.25) is 0 Å². The molecule has 1 rings (SSSR count). The molecule has 20 heavy (non-hydrogen) atoms. The molecule has 0 aliphatic heterocycles.